The zero-order valence-electron chi connectivity index (χ0n) is 18.3. The number of nitrogens with two attached hydrogens (primary N) is 1. The summed E-state index contributed by atoms with van der Waals surface area (Å²) in [6.07, 6.45) is -5.38. The van der Waals surface area contributed by atoms with E-state index in [0.29, 0.717) is 6.41 Å². The van der Waals surface area contributed by atoms with E-state index in [-0.39, 0.29) is 44.8 Å². The first-order valence-electron chi connectivity index (χ1n) is 10.5. The minimum atomic E-state index is -4.24. The number of hydrazone groups is 1. The van der Waals surface area contributed by atoms with Gasteiger partial charge in [0, 0.05) is 12.6 Å². The van der Waals surface area contributed by atoms with E-state index in [1.807, 2.05) is 30.3 Å². The number of ether oxygens (including phenoxy) is 1. The first-order valence-corrected chi connectivity index (χ1v) is 10.5. The number of hydrogen-bond acceptors (Lipinski definition) is 7. The van der Waals surface area contributed by atoms with Crippen LogP contribution in [0.5, 0.6) is 0 Å². The van der Waals surface area contributed by atoms with Gasteiger partial charge in [-0.2, -0.15) is 13.2 Å². The Labute approximate surface area is 190 Å². The van der Waals surface area contributed by atoms with Crippen LogP contribution in [0.1, 0.15) is 18.4 Å². The minimum absolute atomic E-state index is 0.0687. The summed E-state index contributed by atoms with van der Waals surface area (Å²) in [6.45, 7) is 0.389. The molecule has 2 amide bonds. The van der Waals surface area contributed by atoms with E-state index in [1.165, 1.54) is 7.11 Å². The fourth-order valence-electron chi connectivity index (χ4n) is 3.69. The van der Waals surface area contributed by atoms with Crippen molar-refractivity contribution in [1.82, 2.24) is 15.6 Å². The second-order valence-electron chi connectivity index (χ2n) is 7.88. The Morgan fingerprint density at radius 2 is 1.97 bits per heavy atom. The molecule has 33 heavy (non-hydrogen) atoms. The van der Waals surface area contributed by atoms with Crippen molar-refractivity contribution in [2.24, 2.45) is 16.8 Å². The number of piperidine rings is 1. The molecule has 1 aliphatic rings. The summed E-state index contributed by atoms with van der Waals surface area (Å²) in [4.78, 5) is 25.1. The third-order valence-corrected chi connectivity index (χ3v) is 5.53. The summed E-state index contributed by atoms with van der Waals surface area (Å²) in [5.41, 5.74) is 8.93. The number of aliphatic hydroxyl groups is 1. The Kier molecular flexibility index (Phi) is 10.1. The SMILES string of the molecule is CO/C(=N\NC=O)[C@H](CN1CCC(C(F)(F)F)CC1)NC(=O)[C@@H](O)C(N)Cc1ccccc1. The molecule has 0 bridgehead atoms. The molecule has 9 nitrogen and oxygen atoms in total. The molecule has 0 saturated carbocycles. The van der Waals surface area contributed by atoms with Crippen LogP contribution >= 0.6 is 0 Å². The van der Waals surface area contributed by atoms with Crippen LogP contribution < -0.4 is 16.5 Å². The van der Waals surface area contributed by atoms with E-state index >= 15 is 0 Å². The Balaban J connectivity index is 2.05. The van der Waals surface area contributed by atoms with E-state index in [0.717, 1.165) is 5.56 Å². The molecule has 0 radical (unpaired) electrons. The predicted molar refractivity (Wildman–Crippen MR) is 115 cm³/mol. The molecule has 1 unspecified atom stereocenters. The van der Waals surface area contributed by atoms with E-state index in [2.05, 4.69) is 15.8 Å². The highest BCUT2D eigenvalue weighted by Gasteiger charge is 2.41. The van der Waals surface area contributed by atoms with E-state index in [4.69, 9.17) is 10.5 Å². The van der Waals surface area contributed by atoms with Crippen molar-refractivity contribution in [3.05, 3.63) is 35.9 Å². The van der Waals surface area contributed by atoms with Gasteiger partial charge < -0.3 is 25.8 Å². The molecule has 1 fully saturated rings. The van der Waals surface area contributed by atoms with E-state index in [1.54, 1.807) is 4.90 Å². The summed E-state index contributed by atoms with van der Waals surface area (Å²) in [6, 6.07) is 7.26. The Morgan fingerprint density at radius 1 is 1.33 bits per heavy atom. The molecule has 0 spiro atoms. The zero-order valence-corrected chi connectivity index (χ0v) is 18.3. The summed E-state index contributed by atoms with van der Waals surface area (Å²) in [5.74, 6) is -2.23. The number of rotatable bonds is 10. The largest absolute Gasteiger partial charge is 0.482 e. The lowest BCUT2D eigenvalue weighted by Crippen LogP contribution is -2.56. The van der Waals surface area contributed by atoms with Crippen LogP contribution in [0.3, 0.4) is 0 Å². The standard InChI is InChI=1S/C21H30F3N5O4/c1-33-20(28-26-13-30)17(12-29-9-7-15(8-10-29)21(22,23)24)27-19(32)18(31)16(25)11-14-5-3-2-4-6-14/h2-6,13,15-18,31H,7-12,25H2,1H3,(H,26,30)(H,27,32)/b28-20-/t16?,17-,18-/m0/s1. The number of nitrogens with zero attached hydrogens (tertiary/aromatic N) is 2. The second kappa shape index (κ2) is 12.5. The summed E-state index contributed by atoms with van der Waals surface area (Å²) >= 11 is 0. The molecule has 1 heterocycles. The second-order valence-corrected chi connectivity index (χ2v) is 7.88. The van der Waals surface area contributed by atoms with Crippen LogP contribution in [0, 0.1) is 5.92 Å². The number of aliphatic hydroxyl groups excluding tert-OH is 1. The molecule has 0 aliphatic carbocycles. The maximum absolute atomic E-state index is 13.0. The third kappa shape index (κ3) is 8.30. The van der Waals surface area contributed by atoms with Crippen molar-refractivity contribution < 1.29 is 32.6 Å². The average molecular weight is 473 g/mol. The lowest BCUT2D eigenvalue weighted by Gasteiger charge is -2.35. The smallest absolute Gasteiger partial charge is 0.391 e. The van der Waals surface area contributed by atoms with Gasteiger partial charge in [0.15, 0.2) is 0 Å². The number of methoxy groups -OCH3 is 1. The Morgan fingerprint density at radius 3 is 2.52 bits per heavy atom. The number of hydrogen-bond donors (Lipinski definition) is 4. The molecule has 3 atom stereocenters. The number of likely N-dealkylation sites (tertiary alicyclic amines) is 1. The first kappa shape index (κ1) is 26.6. The Bertz CT molecular complexity index is 786. The average Bonchev–Trinajstić information content (AvgIpc) is 2.79. The van der Waals surface area contributed by atoms with Gasteiger partial charge in [0.25, 0.3) is 5.91 Å². The topological polar surface area (TPSA) is 129 Å². The molecule has 1 aromatic carbocycles. The third-order valence-electron chi connectivity index (χ3n) is 5.53. The molecule has 2 rings (SSSR count). The van der Waals surface area contributed by atoms with Gasteiger partial charge in [-0.05, 0) is 37.9 Å². The number of alkyl halides is 3. The molecule has 12 heteroatoms. The highest BCUT2D eigenvalue weighted by molar-refractivity contribution is 5.90. The number of halogens is 3. The summed E-state index contributed by atoms with van der Waals surface area (Å²) in [5, 5.41) is 16.8. The number of carbonyl (C=O) groups is 2. The molecular weight excluding hydrogens is 443 g/mol. The van der Waals surface area contributed by atoms with Crippen molar-refractivity contribution in [3.63, 3.8) is 0 Å². The van der Waals surface area contributed by atoms with Gasteiger partial charge in [-0.15, -0.1) is 5.10 Å². The first-order chi connectivity index (χ1) is 15.7. The molecule has 184 valence electrons. The minimum Gasteiger partial charge on any atom is -0.482 e. The van der Waals surface area contributed by atoms with Crippen molar-refractivity contribution >= 4 is 18.2 Å². The number of amides is 2. The molecular formula is C21H30F3N5O4. The van der Waals surface area contributed by atoms with E-state index in [9.17, 15) is 27.9 Å². The van der Waals surface area contributed by atoms with Crippen LogP contribution in [0.2, 0.25) is 0 Å². The zero-order chi connectivity index (χ0) is 24.4. The molecule has 5 N–H and O–H groups in total. The summed E-state index contributed by atoms with van der Waals surface area (Å²) < 4.78 is 44.0. The quantitative estimate of drug-likeness (QED) is 0.168. The van der Waals surface area contributed by atoms with Gasteiger partial charge in [0.05, 0.1) is 13.0 Å². The lowest BCUT2D eigenvalue weighted by atomic mass is 9.96. The van der Waals surface area contributed by atoms with Crippen molar-refractivity contribution in [1.29, 1.82) is 0 Å². The lowest BCUT2D eigenvalue weighted by molar-refractivity contribution is -0.185. The van der Waals surface area contributed by atoms with Gasteiger partial charge in [-0.3, -0.25) is 9.59 Å². The van der Waals surface area contributed by atoms with Crippen LogP contribution in [0.15, 0.2) is 35.4 Å². The van der Waals surface area contributed by atoms with Crippen LogP contribution in [-0.4, -0.2) is 79.3 Å². The predicted octanol–water partition coefficient (Wildman–Crippen LogP) is 0.382. The Hall–Kier alpha value is -2.70. The highest BCUT2D eigenvalue weighted by Crippen LogP contribution is 2.34. The molecule has 1 aromatic rings. The fraction of sp³-hybridized carbons (Fsp3) is 0.571. The van der Waals surface area contributed by atoms with Crippen LogP contribution in [0.4, 0.5) is 13.2 Å². The maximum Gasteiger partial charge on any atom is 0.391 e. The number of carbonyl (C=O) groups excluding carboxylic acids is 2. The van der Waals surface area contributed by atoms with E-state index < -0.39 is 36.2 Å². The highest BCUT2D eigenvalue weighted by atomic mass is 19.4. The van der Waals surface area contributed by atoms with Crippen molar-refractivity contribution in [2.75, 3.05) is 26.7 Å². The normalized spacial score (nSPS) is 18.8. The van der Waals surface area contributed by atoms with Crippen LogP contribution in [-0.2, 0) is 20.7 Å². The van der Waals surface area contributed by atoms with Gasteiger partial charge in [0.1, 0.15) is 12.1 Å². The molecule has 0 aromatic heterocycles. The fourth-order valence-corrected chi connectivity index (χ4v) is 3.69. The van der Waals surface area contributed by atoms with Crippen molar-refractivity contribution in [3.8, 4) is 0 Å². The number of nitrogens with one attached hydrogen (secondary N) is 2. The molecule has 1 aliphatic heterocycles. The molecule has 1 saturated heterocycles. The van der Waals surface area contributed by atoms with Gasteiger partial charge in [-0.25, -0.2) is 5.43 Å². The monoisotopic (exact) mass is 473 g/mol. The summed E-state index contributed by atoms with van der Waals surface area (Å²) in [7, 11) is 1.28. The van der Waals surface area contributed by atoms with Gasteiger partial charge in [-0.1, -0.05) is 30.3 Å². The van der Waals surface area contributed by atoms with Gasteiger partial charge >= 0.3 is 6.18 Å². The van der Waals surface area contributed by atoms with Crippen LogP contribution in [0.25, 0.3) is 0 Å². The maximum atomic E-state index is 13.0. The van der Waals surface area contributed by atoms with Gasteiger partial charge in [0.2, 0.25) is 12.3 Å². The van der Waals surface area contributed by atoms with Crippen molar-refractivity contribution in [2.45, 2.75) is 43.6 Å². The number of benzene rings is 1.